The Morgan fingerprint density at radius 1 is 1.32 bits per heavy atom. The van der Waals surface area contributed by atoms with Crippen LogP contribution in [0.4, 0.5) is 0 Å². The van der Waals surface area contributed by atoms with E-state index in [-0.39, 0.29) is 6.61 Å². The van der Waals surface area contributed by atoms with Gasteiger partial charge in [0.15, 0.2) is 0 Å². The van der Waals surface area contributed by atoms with Gasteiger partial charge in [0.25, 0.3) is 5.78 Å². The van der Waals surface area contributed by atoms with E-state index in [1.165, 1.54) is 0 Å². The van der Waals surface area contributed by atoms with Crippen LogP contribution in [0.5, 0.6) is 0 Å². The van der Waals surface area contributed by atoms with Gasteiger partial charge in [0.2, 0.25) is 0 Å². The SMILES string of the molecule is CCOC(=O)C(=O)c1ccccc1-c1nccn1C. The van der Waals surface area contributed by atoms with Crippen LogP contribution in [0, 0.1) is 0 Å². The van der Waals surface area contributed by atoms with Crippen molar-refractivity contribution in [2.75, 3.05) is 6.61 Å². The lowest BCUT2D eigenvalue weighted by Crippen LogP contribution is -2.18. The highest BCUT2D eigenvalue weighted by Crippen LogP contribution is 2.22. The summed E-state index contributed by atoms with van der Waals surface area (Å²) in [6.45, 7) is 1.84. The molecule has 0 amide bonds. The van der Waals surface area contributed by atoms with Gasteiger partial charge in [-0.2, -0.15) is 0 Å². The van der Waals surface area contributed by atoms with Crippen molar-refractivity contribution in [3.05, 3.63) is 42.2 Å². The summed E-state index contributed by atoms with van der Waals surface area (Å²) in [5.74, 6) is -0.863. The number of hydrogen-bond acceptors (Lipinski definition) is 4. The van der Waals surface area contributed by atoms with E-state index in [1.807, 2.05) is 7.05 Å². The molecule has 0 aliphatic heterocycles. The van der Waals surface area contributed by atoms with Gasteiger partial charge in [0, 0.05) is 30.6 Å². The molecule has 19 heavy (non-hydrogen) atoms. The number of nitrogens with zero attached hydrogens (tertiary/aromatic N) is 2. The Hall–Kier alpha value is -2.43. The van der Waals surface area contributed by atoms with Crippen molar-refractivity contribution in [3.63, 3.8) is 0 Å². The van der Waals surface area contributed by atoms with E-state index >= 15 is 0 Å². The minimum Gasteiger partial charge on any atom is -0.460 e. The summed E-state index contributed by atoms with van der Waals surface area (Å²) in [7, 11) is 1.83. The summed E-state index contributed by atoms with van der Waals surface area (Å²) in [6.07, 6.45) is 3.42. The lowest BCUT2D eigenvalue weighted by Gasteiger charge is -2.08. The van der Waals surface area contributed by atoms with Gasteiger partial charge in [-0.05, 0) is 6.92 Å². The maximum absolute atomic E-state index is 12.1. The molecule has 0 aliphatic rings. The Morgan fingerprint density at radius 2 is 2.05 bits per heavy atom. The van der Waals surface area contributed by atoms with Gasteiger partial charge < -0.3 is 9.30 Å². The van der Waals surface area contributed by atoms with Crippen LogP contribution in [0.1, 0.15) is 17.3 Å². The number of imidazole rings is 1. The molecule has 0 fully saturated rings. The molecule has 1 aromatic heterocycles. The fourth-order valence-corrected chi connectivity index (χ4v) is 1.81. The molecule has 0 spiro atoms. The maximum Gasteiger partial charge on any atom is 0.379 e. The number of Topliss-reactive ketones (excluding diaryl/α,β-unsaturated/α-hetero) is 1. The average molecular weight is 258 g/mol. The van der Waals surface area contributed by atoms with Gasteiger partial charge in [0.1, 0.15) is 5.82 Å². The first-order chi connectivity index (χ1) is 9.15. The molecule has 2 rings (SSSR count). The number of benzene rings is 1. The van der Waals surface area contributed by atoms with Crippen LogP contribution in [-0.4, -0.2) is 27.9 Å². The van der Waals surface area contributed by atoms with E-state index in [1.54, 1.807) is 48.1 Å². The van der Waals surface area contributed by atoms with Crippen LogP contribution >= 0.6 is 0 Å². The zero-order chi connectivity index (χ0) is 13.8. The predicted octanol–water partition coefficient (Wildman–Crippen LogP) is 1.83. The normalized spacial score (nSPS) is 10.2. The van der Waals surface area contributed by atoms with Crippen molar-refractivity contribution < 1.29 is 14.3 Å². The molecule has 1 heterocycles. The highest BCUT2D eigenvalue weighted by atomic mass is 16.5. The first-order valence-electron chi connectivity index (χ1n) is 5.93. The monoisotopic (exact) mass is 258 g/mol. The van der Waals surface area contributed by atoms with Gasteiger partial charge in [0.05, 0.1) is 6.61 Å². The summed E-state index contributed by atoms with van der Waals surface area (Å²) in [6, 6.07) is 6.86. The maximum atomic E-state index is 12.1. The number of hydrogen-bond donors (Lipinski definition) is 0. The first kappa shape index (κ1) is 13.0. The van der Waals surface area contributed by atoms with E-state index in [4.69, 9.17) is 4.74 Å². The number of esters is 1. The summed E-state index contributed by atoms with van der Waals surface area (Å²) in [5.41, 5.74) is 0.920. The molecule has 0 saturated carbocycles. The fourth-order valence-electron chi connectivity index (χ4n) is 1.81. The minimum atomic E-state index is -0.843. The smallest absolute Gasteiger partial charge is 0.379 e. The van der Waals surface area contributed by atoms with Crippen molar-refractivity contribution in [1.82, 2.24) is 9.55 Å². The van der Waals surface area contributed by atoms with Crippen LogP contribution < -0.4 is 0 Å². The largest absolute Gasteiger partial charge is 0.460 e. The van der Waals surface area contributed by atoms with E-state index in [9.17, 15) is 9.59 Å². The Labute approximate surface area is 110 Å². The second-order valence-electron chi connectivity index (χ2n) is 3.96. The van der Waals surface area contributed by atoms with E-state index in [0.29, 0.717) is 17.0 Å². The number of ketones is 1. The Bertz CT molecular complexity index is 617. The van der Waals surface area contributed by atoms with Crippen LogP contribution in [0.3, 0.4) is 0 Å². The number of carbonyl (C=O) groups excluding carboxylic acids is 2. The number of ether oxygens (including phenoxy) is 1. The van der Waals surface area contributed by atoms with Gasteiger partial charge in [-0.3, -0.25) is 4.79 Å². The molecule has 0 aliphatic carbocycles. The van der Waals surface area contributed by atoms with Crippen LogP contribution in [0.2, 0.25) is 0 Å². The van der Waals surface area contributed by atoms with Crippen molar-refractivity contribution in [3.8, 4) is 11.4 Å². The zero-order valence-corrected chi connectivity index (χ0v) is 10.8. The molecule has 0 radical (unpaired) electrons. The van der Waals surface area contributed by atoms with Crippen molar-refractivity contribution >= 4 is 11.8 Å². The third-order valence-electron chi connectivity index (χ3n) is 2.69. The minimum absolute atomic E-state index is 0.176. The van der Waals surface area contributed by atoms with E-state index < -0.39 is 11.8 Å². The molecule has 0 N–H and O–H groups in total. The topological polar surface area (TPSA) is 61.2 Å². The third-order valence-corrected chi connectivity index (χ3v) is 2.69. The number of aryl methyl sites for hydroxylation is 1. The van der Waals surface area contributed by atoms with Crippen LogP contribution in [-0.2, 0) is 16.6 Å². The molecular weight excluding hydrogens is 244 g/mol. The summed E-state index contributed by atoms with van der Waals surface area (Å²) < 4.78 is 6.53. The third kappa shape index (κ3) is 2.54. The fraction of sp³-hybridized carbons (Fsp3) is 0.214. The molecule has 0 bridgehead atoms. The summed E-state index contributed by atoms with van der Waals surface area (Å²) in [5, 5.41) is 0. The van der Waals surface area contributed by atoms with Crippen LogP contribution in [0.15, 0.2) is 36.7 Å². The van der Waals surface area contributed by atoms with Gasteiger partial charge in [-0.15, -0.1) is 0 Å². The van der Waals surface area contributed by atoms with Crippen molar-refractivity contribution in [2.45, 2.75) is 6.92 Å². The number of rotatable bonds is 4. The lowest BCUT2D eigenvalue weighted by atomic mass is 10.0. The molecule has 2 aromatic rings. The van der Waals surface area contributed by atoms with Crippen LogP contribution in [0.25, 0.3) is 11.4 Å². The second kappa shape index (κ2) is 5.48. The molecule has 5 nitrogen and oxygen atoms in total. The lowest BCUT2D eigenvalue weighted by molar-refractivity contribution is -0.137. The standard InChI is InChI=1S/C14H14N2O3/c1-3-19-14(18)12(17)10-6-4-5-7-11(10)13-15-8-9-16(13)2/h4-9H,3H2,1-2H3. The zero-order valence-electron chi connectivity index (χ0n) is 10.8. The van der Waals surface area contributed by atoms with Gasteiger partial charge in [-0.25, -0.2) is 9.78 Å². The molecule has 5 heteroatoms. The van der Waals surface area contributed by atoms with Crippen molar-refractivity contribution in [1.29, 1.82) is 0 Å². The quantitative estimate of drug-likeness (QED) is 0.477. The van der Waals surface area contributed by atoms with Gasteiger partial charge >= 0.3 is 5.97 Å². The Kier molecular flexibility index (Phi) is 3.75. The second-order valence-corrected chi connectivity index (χ2v) is 3.96. The Morgan fingerprint density at radius 3 is 2.68 bits per heavy atom. The highest BCUT2D eigenvalue weighted by Gasteiger charge is 2.22. The highest BCUT2D eigenvalue weighted by molar-refractivity contribution is 6.41. The molecule has 0 atom stereocenters. The first-order valence-corrected chi connectivity index (χ1v) is 5.93. The number of aromatic nitrogens is 2. The molecule has 1 aromatic carbocycles. The average Bonchev–Trinajstić information content (AvgIpc) is 2.84. The molecule has 0 saturated heterocycles. The molecule has 98 valence electrons. The van der Waals surface area contributed by atoms with Crippen molar-refractivity contribution in [2.24, 2.45) is 7.05 Å². The Balaban J connectivity index is 2.45. The van der Waals surface area contributed by atoms with E-state index in [2.05, 4.69) is 4.98 Å². The molecular formula is C14H14N2O3. The summed E-state index contributed by atoms with van der Waals surface area (Å²) >= 11 is 0. The number of carbonyl (C=O) groups is 2. The predicted molar refractivity (Wildman–Crippen MR) is 69.6 cm³/mol. The van der Waals surface area contributed by atoms with E-state index in [0.717, 1.165) is 0 Å². The van der Waals surface area contributed by atoms with Gasteiger partial charge in [-0.1, -0.05) is 24.3 Å². The summed E-state index contributed by atoms with van der Waals surface area (Å²) in [4.78, 5) is 27.8. The molecule has 0 unspecified atom stereocenters.